The van der Waals surface area contributed by atoms with Gasteiger partial charge in [0, 0.05) is 18.3 Å². The summed E-state index contributed by atoms with van der Waals surface area (Å²) in [7, 11) is 0. The van der Waals surface area contributed by atoms with Crippen LogP contribution in [0.2, 0.25) is 0 Å². The lowest BCUT2D eigenvalue weighted by Gasteiger charge is -2.20. The summed E-state index contributed by atoms with van der Waals surface area (Å²) in [5.41, 5.74) is 2.58. The van der Waals surface area contributed by atoms with E-state index in [2.05, 4.69) is 17.4 Å². The molecule has 1 aromatic rings. The zero-order valence-corrected chi connectivity index (χ0v) is 8.71. The topological polar surface area (TPSA) is 30.5 Å². The van der Waals surface area contributed by atoms with E-state index in [4.69, 9.17) is 9.47 Å². The quantitative estimate of drug-likeness (QED) is 0.704. The monoisotopic (exact) mass is 205 g/mol. The van der Waals surface area contributed by atoms with Crippen LogP contribution < -0.4 is 14.8 Å². The van der Waals surface area contributed by atoms with E-state index >= 15 is 0 Å². The lowest BCUT2D eigenvalue weighted by Crippen LogP contribution is -2.16. The van der Waals surface area contributed by atoms with Crippen LogP contribution in [0.25, 0.3) is 0 Å². The van der Waals surface area contributed by atoms with Crippen molar-refractivity contribution in [2.24, 2.45) is 0 Å². The van der Waals surface area contributed by atoms with E-state index in [9.17, 15) is 0 Å². The molecular formula is C12H15NO2. The van der Waals surface area contributed by atoms with Gasteiger partial charge in [0.1, 0.15) is 13.2 Å². The Bertz CT molecular complexity index is 341. The summed E-state index contributed by atoms with van der Waals surface area (Å²) in [4.78, 5) is 0. The second-order valence-corrected chi connectivity index (χ2v) is 4.04. The summed E-state index contributed by atoms with van der Waals surface area (Å²) >= 11 is 0. The molecule has 0 radical (unpaired) electrons. The van der Waals surface area contributed by atoms with Crippen LogP contribution >= 0.6 is 0 Å². The van der Waals surface area contributed by atoms with Crippen LogP contribution in [0, 0.1) is 0 Å². The molecule has 0 amide bonds. The van der Waals surface area contributed by atoms with Crippen molar-refractivity contribution in [3.05, 3.63) is 17.7 Å². The van der Waals surface area contributed by atoms with Gasteiger partial charge in [-0.15, -0.1) is 0 Å². The number of fused-ring (bicyclic) bond motifs is 2. The Balaban J connectivity index is 2.02. The minimum Gasteiger partial charge on any atom is -0.486 e. The van der Waals surface area contributed by atoms with Gasteiger partial charge in [0.25, 0.3) is 0 Å². The first-order chi connectivity index (χ1) is 7.43. The fourth-order valence-electron chi connectivity index (χ4n) is 2.17. The molecule has 3 nitrogen and oxygen atoms in total. The zero-order chi connectivity index (χ0) is 10.1. The summed E-state index contributed by atoms with van der Waals surface area (Å²) in [5, 5.41) is 3.44. The van der Waals surface area contributed by atoms with Gasteiger partial charge in [-0.1, -0.05) is 0 Å². The molecule has 2 aliphatic heterocycles. The summed E-state index contributed by atoms with van der Waals surface area (Å²) < 4.78 is 11.1. The first-order valence-electron chi connectivity index (χ1n) is 5.60. The molecule has 2 aliphatic rings. The Morgan fingerprint density at radius 1 is 1.00 bits per heavy atom. The van der Waals surface area contributed by atoms with E-state index in [-0.39, 0.29) is 0 Å². The third-order valence-corrected chi connectivity index (χ3v) is 2.96. The fraction of sp³-hybridized carbons (Fsp3) is 0.500. The summed E-state index contributed by atoms with van der Waals surface area (Å²) in [6, 6.07) is 4.21. The predicted octanol–water partition coefficient (Wildman–Crippen LogP) is 2.21. The van der Waals surface area contributed by atoms with Crippen LogP contribution in [-0.4, -0.2) is 19.8 Å². The molecule has 0 aliphatic carbocycles. The molecule has 0 unspecified atom stereocenters. The van der Waals surface area contributed by atoms with Crippen molar-refractivity contribution < 1.29 is 9.47 Å². The Morgan fingerprint density at radius 2 is 1.80 bits per heavy atom. The van der Waals surface area contributed by atoms with Crippen LogP contribution in [0.1, 0.15) is 18.4 Å². The Morgan fingerprint density at radius 3 is 2.67 bits per heavy atom. The molecule has 3 heteroatoms. The maximum absolute atomic E-state index is 5.58. The van der Waals surface area contributed by atoms with Gasteiger partial charge >= 0.3 is 0 Å². The van der Waals surface area contributed by atoms with E-state index in [1.807, 2.05) is 0 Å². The third kappa shape index (κ3) is 1.62. The standard InChI is InChI=1S/C12H15NO2/c1-2-4-13-10-8-12-11(7-9(10)3-1)14-5-6-15-12/h7-8,13H,1-6H2. The van der Waals surface area contributed by atoms with E-state index in [1.165, 1.54) is 24.1 Å². The van der Waals surface area contributed by atoms with E-state index in [1.54, 1.807) is 0 Å². The lowest BCUT2D eigenvalue weighted by atomic mass is 10.1. The van der Waals surface area contributed by atoms with Crippen LogP contribution in [0.15, 0.2) is 12.1 Å². The molecule has 3 rings (SSSR count). The summed E-state index contributed by atoms with van der Waals surface area (Å²) in [6.07, 6.45) is 3.62. The first-order valence-corrected chi connectivity index (χ1v) is 5.60. The van der Waals surface area contributed by atoms with E-state index < -0.39 is 0 Å². The van der Waals surface area contributed by atoms with Crippen molar-refractivity contribution in [1.29, 1.82) is 0 Å². The maximum atomic E-state index is 5.58. The van der Waals surface area contributed by atoms with Crippen LogP contribution in [0.5, 0.6) is 11.5 Å². The molecule has 1 aromatic carbocycles. The van der Waals surface area contributed by atoms with Crippen LogP contribution in [0.3, 0.4) is 0 Å². The highest BCUT2D eigenvalue weighted by Gasteiger charge is 2.16. The van der Waals surface area contributed by atoms with Crippen molar-refractivity contribution in [1.82, 2.24) is 0 Å². The number of rotatable bonds is 0. The van der Waals surface area contributed by atoms with Crippen molar-refractivity contribution >= 4 is 5.69 Å². The smallest absolute Gasteiger partial charge is 0.163 e. The molecule has 2 heterocycles. The van der Waals surface area contributed by atoms with Crippen LogP contribution in [0.4, 0.5) is 5.69 Å². The number of nitrogens with one attached hydrogen (secondary N) is 1. The van der Waals surface area contributed by atoms with Gasteiger partial charge in [0.2, 0.25) is 0 Å². The van der Waals surface area contributed by atoms with E-state index in [0.29, 0.717) is 13.2 Å². The van der Waals surface area contributed by atoms with Crippen molar-refractivity contribution in [2.75, 3.05) is 25.1 Å². The summed E-state index contributed by atoms with van der Waals surface area (Å²) in [6.45, 7) is 2.39. The minimum absolute atomic E-state index is 0.659. The fourth-order valence-corrected chi connectivity index (χ4v) is 2.17. The molecule has 0 spiro atoms. The van der Waals surface area contributed by atoms with Gasteiger partial charge in [-0.25, -0.2) is 0 Å². The average molecular weight is 205 g/mol. The Hall–Kier alpha value is -1.38. The Labute approximate surface area is 89.4 Å². The number of hydrogen-bond donors (Lipinski definition) is 1. The minimum atomic E-state index is 0.659. The Kier molecular flexibility index (Phi) is 2.16. The number of anilines is 1. The maximum Gasteiger partial charge on any atom is 0.163 e. The molecule has 0 bridgehead atoms. The molecule has 80 valence electrons. The van der Waals surface area contributed by atoms with Crippen molar-refractivity contribution in [3.63, 3.8) is 0 Å². The number of aryl methyl sites for hydroxylation is 1. The predicted molar refractivity (Wildman–Crippen MR) is 58.9 cm³/mol. The summed E-state index contributed by atoms with van der Waals surface area (Å²) in [5.74, 6) is 1.79. The van der Waals surface area contributed by atoms with Gasteiger partial charge in [0.05, 0.1) is 0 Å². The zero-order valence-electron chi connectivity index (χ0n) is 8.71. The SMILES string of the molecule is c1c2c(cc3c1OCCO3)NCCCC2. The van der Waals surface area contributed by atoms with Gasteiger partial charge in [-0.2, -0.15) is 0 Å². The molecule has 0 aromatic heterocycles. The van der Waals surface area contributed by atoms with Crippen molar-refractivity contribution in [3.8, 4) is 11.5 Å². The number of benzene rings is 1. The molecule has 15 heavy (non-hydrogen) atoms. The van der Waals surface area contributed by atoms with Gasteiger partial charge in [0.15, 0.2) is 11.5 Å². The second kappa shape index (κ2) is 3.65. The van der Waals surface area contributed by atoms with Gasteiger partial charge < -0.3 is 14.8 Å². The molecule has 1 N–H and O–H groups in total. The van der Waals surface area contributed by atoms with Gasteiger partial charge in [-0.05, 0) is 30.9 Å². The molecule has 0 saturated heterocycles. The van der Waals surface area contributed by atoms with Gasteiger partial charge in [-0.3, -0.25) is 0 Å². The van der Waals surface area contributed by atoms with E-state index in [0.717, 1.165) is 24.5 Å². The largest absolute Gasteiger partial charge is 0.486 e. The lowest BCUT2D eigenvalue weighted by molar-refractivity contribution is 0.171. The average Bonchev–Trinajstić information content (AvgIpc) is 2.50. The highest BCUT2D eigenvalue weighted by Crippen LogP contribution is 2.36. The number of ether oxygens (including phenoxy) is 2. The highest BCUT2D eigenvalue weighted by atomic mass is 16.6. The molecular weight excluding hydrogens is 190 g/mol. The molecule has 0 saturated carbocycles. The molecule has 0 atom stereocenters. The highest BCUT2D eigenvalue weighted by molar-refractivity contribution is 5.61. The first kappa shape index (κ1) is 8.89. The second-order valence-electron chi connectivity index (χ2n) is 4.04. The van der Waals surface area contributed by atoms with Crippen molar-refractivity contribution in [2.45, 2.75) is 19.3 Å². The normalized spacial score (nSPS) is 18.7. The van der Waals surface area contributed by atoms with Crippen LogP contribution in [-0.2, 0) is 6.42 Å². The number of hydrogen-bond acceptors (Lipinski definition) is 3. The molecule has 0 fully saturated rings. The third-order valence-electron chi connectivity index (χ3n) is 2.96.